The van der Waals surface area contributed by atoms with E-state index in [1.54, 1.807) is 7.11 Å². The summed E-state index contributed by atoms with van der Waals surface area (Å²) in [5.74, 6) is -0.308. The van der Waals surface area contributed by atoms with Crippen molar-refractivity contribution in [3.05, 3.63) is 0 Å². The standard InChI is InChI=1S/C12H20O6/c1-14-5-6-15-8-17-11-7-10-9(18-12(11)13)3-2-4-16-10/h9-11H,2-8H2,1H3/t9-,10+,11-/m0/s1. The second-order valence-electron chi connectivity index (χ2n) is 4.44. The van der Waals surface area contributed by atoms with Crippen molar-refractivity contribution in [1.82, 2.24) is 0 Å². The fourth-order valence-corrected chi connectivity index (χ4v) is 2.17. The Hall–Kier alpha value is -0.690. The molecule has 0 unspecified atom stereocenters. The molecule has 0 aromatic rings. The summed E-state index contributed by atoms with van der Waals surface area (Å²) in [7, 11) is 1.60. The summed E-state index contributed by atoms with van der Waals surface area (Å²) >= 11 is 0. The molecule has 2 aliphatic heterocycles. The Morgan fingerprint density at radius 1 is 1.33 bits per heavy atom. The van der Waals surface area contributed by atoms with Gasteiger partial charge in [-0.1, -0.05) is 0 Å². The first-order valence-electron chi connectivity index (χ1n) is 6.31. The van der Waals surface area contributed by atoms with Gasteiger partial charge in [-0.25, -0.2) is 4.79 Å². The highest BCUT2D eigenvalue weighted by Gasteiger charge is 2.40. The van der Waals surface area contributed by atoms with Crippen LogP contribution in [-0.4, -0.2) is 58.0 Å². The molecule has 0 saturated carbocycles. The summed E-state index contributed by atoms with van der Waals surface area (Å²) < 4.78 is 26.3. The van der Waals surface area contributed by atoms with Crippen LogP contribution in [0.15, 0.2) is 0 Å². The first kappa shape index (κ1) is 13.7. The molecule has 6 heteroatoms. The van der Waals surface area contributed by atoms with Gasteiger partial charge in [0.05, 0.1) is 19.3 Å². The van der Waals surface area contributed by atoms with Crippen LogP contribution in [0.25, 0.3) is 0 Å². The van der Waals surface area contributed by atoms with Crippen molar-refractivity contribution in [3.8, 4) is 0 Å². The fourth-order valence-electron chi connectivity index (χ4n) is 2.17. The van der Waals surface area contributed by atoms with Crippen LogP contribution in [0.4, 0.5) is 0 Å². The number of carbonyl (C=O) groups excluding carboxylic acids is 1. The van der Waals surface area contributed by atoms with Crippen molar-refractivity contribution in [3.63, 3.8) is 0 Å². The van der Waals surface area contributed by atoms with Crippen molar-refractivity contribution < 1.29 is 28.5 Å². The zero-order chi connectivity index (χ0) is 12.8. The fraction of sp³-hybridized carbons (Fsp3) is 0.917. The van der Waals surface area contributed by atoms with Gasteiger partial charge in [-0.2, -0.15) is 0 Å². The van der Waals surface area contributed by atoms with Crippen LogP contribution in [0, 0.1) is 0 Å². The lowest BCUT2D eigenvalue weighted by Crippen LogP contribution is -2.49. The molecule has 2 aliphatic rings. The minimum absolute atomic E-state index is 0.0274. The summed E-state index contributed by atoms with van der Waals surface area (Å²) in [5.41, 5.74) is 0. The molecule has 0 N–H and O–H groups in total. The van der Waals surface area contributed by atoms with E-state index in [-0.39, 0.29) is 25.0 Å². The summed E-state index contributed by atoms with van der Waals surface area (Å²) in [6.07, 6.45) is 1.68. The van der Waals surface area contributed by atoms with Gasteiger partial charge < -0.3 is 23.7 Å². The minimum Gasteiger partial charge on any atom is -0.458 e. The lowest BCUT2D eigenvalue weighted by molar-refractivity contribution is -0.208. The normalized spacial score (nSPS) is 31.8. The van der Waals surface area contributed by atoms with Crippen molar-refractivity contribution in [2.45, 2.75) is 37.6 Å². The molecule has 18 heavy (non-hydrogen) atoms. The summed E-state index contributed by atoms with van der Waals surface area (Å²) in [6, 6.07) is 0. The number of rotatable bonds is 6. The van der Waals surface area contributed by atoms with E-state index in [2.05, 4.69) is 0 Å². The predicted octanol–water partition coefficient (Wildman–Crippen LogP) is 0.487. The SMILES string of the molecule is COCCOCO[C@H]1C[C@H]2OCCC[C@@H]2OC1=O. The summed E-state index contributed by atoms with van der Waals surface area (Å²) in [6.45, 7) is 1.75. The minimum atomic E-state index is -0.577. The van der Waals surface area contributed by atoms with E-state index in [9.17, 15) is 4.79 Å². The van der Waals surface area contributed by atoms with Crippen LogP contribution < -0.4 is 0 Å². The van der Waals surface area contributed by atoms with Gasteiger partial charge in [-0.15, -0.1) is 0 Å². The van der Waals surface area contributed by atoms with Gasteiger partial charge in [0, 0.05) is 20.1 Å². The Morgan fingerprint density at radius 3 is 3.06 bits per heavy atom. The van der Waals surface area contributed by atoms with E-state index in [4.69, 9.17) is 23.7 Å². The highest BCUT2D eigenvalue weighted by molar-refractivity contribution is 5.75. The van der Waals surface area contributed by atoms with E-state index in [0.717, 1.165) is 19.4 Å². The molecule has 0 amide bonds. The Kier molecular flexibility index (Phi) is 5.37. The van der Waals surface area contributed by atoms with E-state index < -0.39 is 6.10 Å². The van der Waals surface area contributed by atoms with Crippen LogP contribution in [-0.2, 0) is 28.5 Å². The third-order valence-corrected chi connectivity index (χ3v) is 3.14. The van der Waals surface area contributed by atoms with Gasteiger partial charge in [0.1, 0.15) is 12.9 Å². The highest BCUT2D eigenvalue weighted by Crippen LogP contribution is 2.27. The lowest BCUT2D eigenvalue weighted by atomic mass is 9.97. The molecule has 0 aromatic carbocycles. The van der Waals surface area contributed by atoms with Gasteiger partial charge >= 0.3 is 5.97 Å². The number of hydrogen-bond donors (Lipinski definition) is 0. The maximum absolute atomic E-state index is 11.7. The third-order valence-electron chi connectivity index (χ3n) is 3.14. The van der Waals surface area contributed by atoms with Crippen LogP contribution in [0.5, 0.6) is 0 Å². The zero-order valence-electron chi connectivity index (χ0n) is 10.6. The van der Waals surface area contributed by atoms with Gasteiger partial charge in [0.15, 0.2) is 6.10 Å². The van der Waals surface area contributed by atoms with E-state index >= 15 is 0 Å². The maximum atomic E-state index is 11.7. The molecule has 0 spiro atoms. The molecule has 0 radical (unpaired) electrons. The predicted molar refractivity (Wildman–Crippen MR) is 61.0 cm³/mol. The summed E-state index contributed by atoms with van der Waals surface area (Å²) in [4.78, 5) is 11.7. The first-order valence-corrected chi connectivity index (χ1v) is 6.31. The molecular formula is C12H20O6. The van der Waals surface area contributed by atoms with Gasteiger partial charge in [-0.05, 0) is 12.8 Å². The van der Waals surface area contributed by atoms with Crippen LogP contribution >= 0.6 is 0 Å². The largest absolute Gasteiger partial charge is 0.458 e. The molecule has 0 aromatic heterocycles. The second-order valence-corrected chi connectivity index (χ2v) is 4.44. The van der Waals surface area contributed by atoms with Crippen molar-refractivity contribution in [1.29, 1.82) is 0 Å². The molecule has 2 fully saturated rings. The number of methoxy groups -OCH3 is 1. The van der Waals surface area contributed by atoms with Crippen LogP contribution in [0.1, 0.15) is 19.3 Å². The van der Waals surface area contributed by atoms with Crippen LogP contribution in [0.3, 0.4) is 0 Å². The molecule has 0 bridgehead atoms. The van der Waals surface area contributed by atoms with Crippen molar-refractivity contribution in [2.24, 2.45) is 0 Å². The van der Waals surface area contributed by atoms with E-state index in [1.165, 1.54) is 0 Å². The lowest BCUT2D eigenvalue weighted by Gasteiger charge is -2.37. The quantitative estimate of drug-likeness (QED) is 0.393. The van der Waals surface area contributed by atoms with Gasteiger partial charge in [0.2, 0.25) is 0 Å². The molecule has 3 atom stereocenters. The number of fused-ring (bicyclic) bond motifs is 1. The van der Waals surface area contributed by atoms with E-state index in [1.807, 2.05) is 0 Å². The molecule has 2 rings (SSSR count). The molecule has 104 valence electrons. The number of esters is 1. The molecule has 6 nitrogen and oxygen atoms in total. The van der Waals surface area contributed by atoms with Gasteiger partial charge in [0.25, 0.3) is 0 Å². The Labute approximate surface area is 106 Å². The number of hydrogen-bond acceptors (Lipinski definition) is 6. The Balaban J connectivity index is 1.70. The van der Waals surface area contributed by atoms with Gasteiger partial charge in [-0.3, -0.25) is 0 Å². The molecule has 2 heterocycles. The molecular weight excluding hydrogens is 240 g/mol. The first-order chi connectivity index (χ1) is 8.81. The number of ether oxygens (including phenoxy) is 5. The molecule has 2 saturated heterocycles. The highest BCUT2D eigenvalue weighted by atomic mass is 16.7. The van der Waals surface area contributed by atoms with E-state index in [0.29, 0.717) is 19.6 Å². The monoisotopic (exact) mass is 260 g/mol. The Morgan fingerprint density at radius 2 is 2.22 bits per heavy atom. The average molecular weight is 260 g/mol. The maximum Gasteiger partial charge on any atom is 0.335 e. The topological polar surface area (TPSA) is 63.2 Å². The van der Waals surface area contributed by atoms with Crippen molar-refractivity contribution >= 4 is 5.97 Å². The second kappa shape index (κ2) is 7.04. The third kappa shape index (κ3) is 3.65. The number of carbonyl (C=O) groups is 1. The van der Waals surface area contributed by atoms with Crippen LogP contribution in [0.2, 0.25) is 0 Å². The average Bonchev–Trinajstić information content (AvgIpc) is 2.39. The smallest absolute Gasteiger partial charge is 0.335 e. The van der Waals surface area contributed by atoms with Crippen molar-refractivity contribution in [2.75, 3.05) is 33.7 Å². The zero-order valence-corrected chi connectivity index (χ0v) is 10.6. The Bertz CT molecular complexity index is 269. The summed E-state index contributed by atoms with van der Waals surface area (Å²) in [5, 5.41) is 0. The molecule has 0 aliphatic carbocycles.